The summed E-state index contributed by atoms with van der Waals surface area (Å²) in [6.07, 6.45) is -0.401. The van der Waals surface area contributed by atoms with Gasteiger partial charge in [0.1, 0.15) is 6.10 Å². The highest BCUT2D eigenvalue weighted by molar-refractivity contribution is 7.89. The number of nitrogens with two attached hydrogens (primary N) is 1. The monoisotopic (exact) mass is 248 g/mol. The first kappa shape index (κ1) is 11.5. The lowest BCUT2D eigenvalue weighted by atomic mass is 10.3. The van der Waals surface area contributed by atoms with Crippen LogP contribution in [0.25, 0.3) is 0 Å². The first-order valence-electron chi connectivity index (χ1n) is 4.61. The fraction of sp³-hybridized carbons (Fsp3) is 0.714. The lowest BCUT2D eigenvalue weighted by Gasteiger charge is -2.21. The maximum Gasteiger partial charge on any atom is 0.273 e. The molecule has 1 unspecified atom stereocenters. The predicted molar refractivity (Wildman–Crippen MR) is 51.9 cm³/mol. The van der Waals surface area contributed by atoms with Gasteiger partial charge in [0.15, 0.2) is 5.82 Å². The second-order valence-electron chi connectivity index (χ2n) is 3.38. The molecule has 2 heterocycles. The third-order valence-corrected chi connectivity index (χ3v) is 3.09. The third-order valence-electron chi connectivity index (χ3n) is 2.23. The van der Waals surface area contributed by atoms with Gasteiger partial charge in [-0.25, -0.2) is 13.6 Å². The molecular weight excluding hydrogens is 236 g/mol. The van der Waals surface area contributed by atoms with Gasteiger partial charge in [-0.1, -0.05) is 0 Å². The molecule has 0 radical (unpaired) electrons. The van der Waals surface area contributed by atoms with Crippen molar-refractivity contribution in [2.24, 2.45) is 12.2 Å². The van der Waals surface area contributed by atoms with Crippen LogP contribution in [0.4, 0.5) is 0 Å². The average Bonchev–Trinajstić information content (AvgIpc) is 2.61. The molecular formula is C7H12N4O4S. The van der Waals surface area contributed by atoms with Gasteiger partial charge in [-0.15, -0.1) is 10.2 Å². The Morgan fingerprint density at radius 1 is 1.44 bits per heavy atom. The maximum absolute atomic E-state index is 11.1. The van der Waals surface area contributed by atoms with E-state index < -0.39 is 16.1 Å². The minimum atomic E-state index is -3.86. The van der Waals surface area contributed by atoms with Gasteiger partial charge in [-0.05, 0) is 0 Å². The Bertz CT molecular complexity index is 477. The van der Waals surface area contributed by atoms with Crippen LogP contribution in [0.2, 0.25) is 0 Å². The van der Waals surface area contributed by atoms with E-state index in [0.717, 1.165) is 0 Å². The quantitative estimate of drug-likeness (QED) is 0.685. The molecule has 1 atom stereocenters. The molecule has 90 valence electrons. The highest BCUT2D eigenvalue weighted by Crippen LogP contribution is 2.19. The Morgan fingerprint density at radius 2 is 2.19 bits per heavy atom. The van der Waals surface area contributed by atoms with Crippen LogP contribution in [-0.2, 0) is 26.5 Å². The number of rotatable bonds is 2. The second kappa shape index (κ2) is 4.09. The largest absolute Gasteiger partial charge is 0.376 e. The highest BCUT2D eigenvalue weighted by Gasteiger charge is 2.26. The first-order chi connectivity index (χ1) is 7.50. The van der Waals surface area contributed by atoms with E-state index in [1.165, 1.54) is 11.6 Å². The van der Waals surface area contributed by atoms with E-state index in [4.69, 9.17) is 14.6 Å². The van der Waals surface area contributed by atoms with Crippen molar-refractivity contribution in [2.45, 2.75) is 11.3 Å². The molecule has 1 aliphatic heterocycles. The van der Waals surface area contributed by atoms with E-state index in [0.29, 0.717) is 25.6 Å². The van der Waals surface area contributed by atoms with Crippen molar-refractivity contribution in [1.82, 2.24) is 14.8 Å². The normalized spacial score (nSPS) is 22.2. The van der Waals surface area contributed by atoms with Gasteiger partial charge >= 0.3 is 0 Å². The Kier molecular flexibility index (Phi) is 2.93. The van der Waals surface area contributed by atoms with Gasteiger partial charge < -0.3 is 14.0 Å². The van der Waals surface area contributed by atoms with Gasteiger partial charge in [-0.2, -0.15) is 0 Å². The first-order valence-corrected chi connectivity index (χ1v) is 6.16. The fourth-order valence-corrected chi connectivity index (χ4v) is 2.12. The lowest BCUT2D eigenvalue weighted by molar-refractivity contribution is -0.0947. The summed E-state index contributed by atoms with van der Waals surface area (Å²) in [6.45, 7) is 1.30. The predicted octanol–water partition coefficient (Wildman–Crippen LogP) is -1.45. The molecule has 9 heteroatoms. The smallest absolute Gasteiger partial charge is 0.273 e. The van der Waals surface area contributed by atoms with E-state index >= 15 is 0 Å². The summed E-state index contributed by atoms with van der Waals surface area (Å²) < 4.78 is 34.2. The van der Waals surface area contributed by atoms with E-state index in [2.05, 4.69) is 10.2 Å². The van der Waals surface area contributed by atoms with Gasteiger partial charge in [0.25, 0.3) is 15.2 Å². The molecule has 0 spiro atoms. The minimum absolute atomic E-state index is 0.281. The summed E-state index contributed by atoms with van der Waals surface area (Å²) in [7, 11) is -2.34. The maximum atomic E-state index is 11.1. The number of hydrogen-bond donors (Lipinski definition) is 1. The van der Waals surface area contributed by atoms with Crippen LogP contribution in [0.3, 0.4) is 0 Å². The summed E-state index contributed by atoms with van der Waals surface area (Å²) in [6, 6.07) is 0. The molecule has 16 heavy (non-hydrogen) atoms. The van der Waals surface area contributed by atoms with Crippen LogP contribution < -0.4 is 5.14 Å². The molecule has 1 fully saturated rings. The van der Waals surface area contributed by atoms with E-state index in [9.17, 15) is 8.42 Å². The van der Waals surface area contributed by atoms with Crippen LogP contribution in [0.1, 0.15) is 11.9 Å². The molecule has 0 saturated carbocycles. The van der Waals surface area contributed by atoms with E-state index in [-0.39, 0.29) is 5.16 Å². The number of sulfonamides is 1. The van der Waals surface area contributed by atoms with Crippen LogP contribution in [0, 0.1) is 0 Å². The van der Waals surface area contributed by atoms with Crippen LogP contribution in [-0.4, -0.2) is 43.0 Å². The van der Waals surface area contributed by atoms with Gasteiger partial charge in [0.2, 0.25) is 0 Å². The van der Waals surface area contributed by atoms with Crippen LogP contribution >= 0.6 is 0 Å². The van der Waals surface area contributed by atoms with Crippen molar-refractivity contribution in [3.63, 3.8) is 0 Å². The van der Waals surface area contributed by atoms with Gasteiger partial charge in [0.05, 0.1) is 19.8 Å². The van der Waals surface area contributed by atoms with E-state index in [1.54, 1.807) is 0 Å². The molecule has 2 rings (SSSR count). The van der Waals surface area contributed by atoms with Crippen molar-refractivity contribution in [1.29, 1.82) is 0 Å². The Hall–Kier alpha value is -1.03. The standard InChI is InChI=1S/C7H12N4O4S/c1-11-6(5-4-14-2-3-15-5)9-10-7(11)16(8,12)13/h5H,2-4H2,1H3,(H2,8,12,13). The molecule has 1 aromatic heterocycles. The summed E-state index contributed by atoms with van der Waals surface area (Å²) >= 11 is 0. The summed E-state index contributed by atoms with van der Waals surface area (Å²) in [5.74, 6) is 0.392. The van der Waals surface area contributed by atoms with Crippen molar-refractivity contribution in [3.05, 3.63) is 5.82 Å². The molecule has 1 saturated heterocycles. The number of hydrogen-bond acceptors (Lipinski definition) is 6. The number of nitrogens with zero attached hydrogens (tertiary/aromatic N) is 3. The molecule has 0 amide bonds. The second-order valence-corrected chi connectivity index (χ2v) is 4.83. The minimum Gasteiger partial charge on any atom is -0.376 e. The Morgan fingerprint density at radius 3 is 2.69 bits per heavy atom. The number of aromatic nitrogens is 3. The molecule has 2 N–H and O–H groups in total. The zero-order valence-electron chi connectivity index (χ0n) is 8.66. The lowest BCUT2D eigenvalue weighted by Crippen LogP contribution is -2.25. The SMILES string of the molecule is Cn1c(C2COCCO2)nnc1S(N)(=O)=O. The van der Waals surface area contributed by atoms with E-state index in [1.807, 2.05) is 0 Å². The van der Waals surface area contributed by atoms with Gasteiger partial charge in [-0.3, -0.25) is 0 Å². The Balaban J connectivity index is 2.33. The zero-order valence-corrected chi connectivity index (χ0v) is 9.48. The molecule has 1 aliphatic rings. The molecule has 1 aromatic rings. The summed E-state index contributed by atoms with van der Waals surface area (Å²) in [4.78, 5) is 0. The summed E-state index contributed by atoms with van der Waals surface area (Å²) in [5.41, 5.74) is 0. The number of ether oxygens (including phenoxy) is 2. The van der Waals surface area contributed by atoms with Crippen LogP contribution in [0.15, 0.2) is 5.16 Å². The van der Waals surface area contributed by atoms with Crippen LogP contribution in [0.5, 0.6) is 0 Å². The molecule has 8 nitrogen and oxygen atoms in total. The molecule has 0 aliphatic carbocycles. The Labute approximate surface area is 92.4 Å². The van der Waals surface area contributed by atoms with Gasteiger partial charge in [0, 0.05) is 7.05 Å². The zero-order chi connectivity index (χ0) is 11.8. The molecule has 0 bridgehead atoms. The summed E-state index contributed by atoms with van der Waals surface area (Å²) in [5, 5.41) is 12.0. The third kappa shape index (κ3) is 2.07. The average molecular weight is 248 g/mol. The van der Waals surface area contributed by atoms with Crippen molar-refractivity contribution >= 4 is 10.0 Å². The van der Waals surface area contributed by atoms with Crippen molar-refractivity contribution < 1.29 is 17.9 Å². The fourth-order valence-electron chi connectivity index (χ4n) is 1.49. The highest BCUT2D eigenvalue weighted by atomic mass is 32.2. The van der Waals surface area contributed by atoms with Crippen molar-refractivity contribution in [3.8, 4) is 0 Å². The van der Waals surface area contributed by atoms with Crippen molar-refractivity contribution in [2.75, 3.05) is 19.8 Å². The number of primary sulfonamides is 1. The topological polar surface area (TPSA) is 109 Å². The molecule has 0 aromatic carbocycles.